The summed E-state index contributed by atoms with van der Waals surface area (Å²) < 4.78 is 11.7. The highest BCUT2D eigenvalue weighted by atomic mass is 16.6. The lowest BCUT2D eigenvalue weighted by atomic mass is 9.99. The van der Waals surface area contributed by atoms with E-state index in [9.17, 15) is 4.79 Å². The van der Waals surface area contributed by atoms with E-state index in [2.05, 4.69) is 86.6 Å². The minimum atomic E-state index is -0.320. The predicted molar refractivity (Wildman–Crippen MR) is 135 cm³/mol. The van der Waals surface area contributed by atoms with E-state index >= 15 is 0 Å². The Balaban J connectivity index is 1.34. The van der Waals surface area contributed by atoms with E-state index in [1.165, 1.54) is 16.7 Å². The summed E-state index contributed by atoms with van der Waals surface area (Å²) >= 11 is 0. The van der Waals surface area contributed by atoms with Crippen LogP contribution in [0.3, 0.4) is 0 Å². The first-order chi connectivity index (χ1) is 16.5. The molecule has 2 saturated carbocycles. The number of ether oxygens (including phenoxy) is 2. The van der Waals surface area contributed by atoms with Gasteiger partial charge in [0.05, 0.1) is 0 Å². The second-order valence-corrected chi connectivity index (χ2v) is 10.3. The van der Waals surface area contributed by atoms with Gasteiger partial charge in [-0.05, 0) is 92.0 Å². The van der Waals surface area contributed by atoms with Crippen LogP contribution in [0.2, 0.25) is 0 Å². The topological polar surface area (TPSA) is 35.5 Å². The predicted octanol–water partition coefficient (Wildman–Crippen LogP) is 7.22. The standard InChI is InChI=1S/C31H34O3/c1-21-18-25(19-22(2)30(21)33-20-26(32)34-31(3)16-10-11-17-31)29-27(23-12-6-4-7-13-23)28(29)24-14-8-5-9-15-24/h4-9,12-15,18-19,27-29H,10-11,16-17,20H2,1-3H3. The third-order valence-corrected chi connectivity index (χ3v) is 7.61. The largest absolute Gasteiger partial charge is 0.481 e. The number of esters is 1. The lowest BCUT2D eigenvalue weighted by molar-refractivity contribution is -0.159. The van der Waals surface area contributed by atoms with Gasteiger partial charge in [-0.15, -0.1) is 0 Å². The molecular weight excluding hydrogens is 420 g/mol. The SMILES string of the molecule is Cc1cc(C2C(c3ccccc3)C2c2ccccc2)cc(C)c1OCC(=O)OC1(C)CCCC1. The summed E-state index contributed by atoms with van der Waals surface area (Å²) in [6, 6.07) is 26.1. The molecule has 0 heterocycles. The molecule has 5 rings (SSSR count). The van der Waals surface area contributed by atoms with Gasteiger partial charge >= 0.3 is 5.97 Å². The Morgan fingerprint density at radius 2 is 1.26 bits per heavy atom. The Morgan fingerprint density at radius 3 is 1.76 bits per heavy atom. The molecule has 34 heavy (non-hydrogen) atoms. The van der Waals surface area contributed by atoms with Crippen molar-refractivity contribution in [2.75, 3.05) is 6.61 Å². The van der Waals surface area contributed by atoms with Gasteiger partial charge in [-0.25, -0.2) is 4.79 Å². The van der Waals surface area contributed by atoms with Crippen molar-refractivity contribution in [2.24, 2.45) is 0 Å². The van der Waals surface area contributed by atoms with Crippen LogP contribution in [0.4, 0.5) is 0 Å². The van der Waals surface area contributed by atoms with Gasteiger partial charge in [-0.3, -0.25) is 0 Å². The molecule has 2 atom stereocenters. The molecule has 0 aromatic heterocycles. The number of carbonyl (C=O) groups excluding carboxylic acids is 1. The van der Waals surface area contributed by atoms with Gasteiger partial charge in [-0.1, -0.05) is 72.8 Å². The van der Waals surface area contributed by atoms with Crippen molar-refractivity contribution in [3.63, 3.8) is 0 Å². The zero-order valence-corrected chi connectivity index (χ0v) is 20.4. The monoisotopic (exact) mass is 454 g/mol. The molecule has 2 aliphatic carbocycles. The van der Waals surface area contributed by atoms with E-state index in [-0.39, 0.29) is 18.2 Å². The van der Waals surface area contributed by atoms with Crippen molar-refractivity contribution in [1.29, 1.82) is 0 Å². The number of carbonyl (C=O) groups is 1. The molecule has 0 N–H and O–H groups in total. The number of rotatable bonds is 7. The Hall–Kier alpha value is -3.07. The normalized spacial score (nSPS) is 22.9. The van der Waals surface area contributed by atoms with Crippen LogP contribution < -0.4 is 4.74 Å². The van der Waals surface area contributed by atoms with Crippen molar-refractivity contribution in [3.05, 3.63) is 101 Å². The first-order valence-corrected chi connectivity index (χ1v) is 12.5. The fraction of sp³-hybridized carbons (Fsp3) is 0.387. The third-order valence-electron chi connectivity index (χ3n) is 7.61. The first-order valence-electron chi connectivity index (χ1n) is 12.5. The number of hydrogen-bond donors (Lipinski definition) is 0. The molecule has 0 radical (unpaired) electrons. The second kappa shape index (κ2) is 9.29. The average Bonchev–Trinajstić information content (AvgIpc) is 3.45. The molecule has 0 amide bonds. The van der Waals surface area contributed by atoms with Crippen LogP contribution in [-0.2, 0) is 9.53 Å². The molecular formula is C31H34O3. The summed E-state index contributed by atoms with van der Waals surface area (Å²) in [5, 5.41) is 0. The van der Waals surface area contributed by atoms with E-state index in [1.807, 2.05) is 6.92 Å². The molecule has 0 bridgehead atoms. The van der Waals surface area contributed by atoms with Crippen molar-refractivity contribution in [3.8, 4) is 5.75 Å². The molecule has 0 spiro atoms. The van der Waals surface area contributed by atoms with E-state index in [4.69, 9.17) is 9.47 Å². The van der Waals surface area contributed by atoms with Crippen LogP contribution in [0.5, 0.6) is 5.75 Å². The summed E-state index contributed by atoms with van der Waals surface area (Å²) in [5.74, 6) is 1.89. The maximum Gasteiger partial charge on any atom is 0.344 e. The molecule has 3 aromatic carbocycles. The van der Waals surface area contributed by atoms with Crippen LogP contribution in [0.25, 0.3) is 0 Å². The molecule has 2 unspecified atom stereocenters. The minimum Gasteiger partial charge on any atom is -0.481 e. The lowest BCUT2D eigenvalue weighted by Gasteiger charge is -2.24. The molecule has 2 aliphatic rings. The summed E-state index contributed by atoms with van der Waals surface area (Å²) in [7, 11) is 0. The molecule has 176 valence electrons. The minimum absolute atomic E-state index is 0.0423. The van der Waals surface area contributed by atoms with E-state index in [0.717, 1.165) is 42.6 Å². The van der Waals surface area contributed by atoms with Gasteiger partial charge < -0.3 is 9.47 Å². The summed E-state index contributed by atoms with van der Waals surface area (Å²) in [6.45, 7) is 6.14. The molecule has 2 fully saturated rings. The molecule has 0 saturated heterocycles. The molecule has 0 aliphatic heterocycles. The third kappa shape index (κ3) is 4.61. The van der Waals surface area contributed by atoms with E-state index < -0.39 is 0 Å². The Morgan fingerprint density at radius 1 is 0.794 bits per heavy atom. The highest BCUT2D eigenvalue weighted by Gasteiger charge is 2.52. The summed E-state index contributed by atoms with van der Waals surface area (Å²) in [4.78, 5) is 12.4. The zero-order valence-electron chi connectivity index (χ0n) is 20.4. The molecule has 3 nitrogen and oxygen atoms in total. The molecule has 3 aromatic rings. The lowest BCUT2D eigenvalue weighted by Crippen LogP contribution is -2.30. The van der Waals surface area contributed by atoms with Gasteiger partial charge in [0.2, 0.25) is 0 Å². The Bertz CT molecular complexity index is 1080. The van der Waals surface area contributed by atoms with Crippen LogP contribution in [0, 0.1) is 13.8 Å². The van der Waals surface area contributed by atoms with Crippen molar-refractivity contribution >= 4 is 5.97 Å². The fourth-order valence-electron chi connectivity index (χ4n) is 5.97. The van der Waals surface area contributed by atoms with E-state index in [1.54, 1.807) is 0 Å². The van der Waals surface area contributed by atoms with Gasteiger partial charge in [0, 0.05) is 0 Å². The van der Waals surface area contributed by atoms with Crippen molar-refractivity contribution in [2.45, 2.75) is 69.8 Å². The first kappa shape index (κ1) is 22.7. The van der Waals surface area contributed by atoms with Crippen LogP contribution in [0.15, 0.2) is 72.8 Å². The number of aryl methyl sites for hydroxylation is 2. The summed E-state index contributed by atoms with van der Waals surface area (Å²) in [6.07, 6.45) is 4.13. The van der Waals surface area contributed by atoms with Crippen LogP contribution >= 0.6 is 0 Å². The van der Waals surface area contributed by atoms with Gasteiger partial charge in [0.1, 0.15) is 11.4 Å². The number of hydrogen-bond acceptors (Lipinski definition) is 3. The van der Waals surface area contributed by atoms with E-state index in [0.29, 0.717) is 17.8 Å². The highest BCUT2D eigenvalue weighted by Crippen LogP contribution is 2.66. The highest BCUT2D eigenvalue weighted by molar-refractivity contribution is 5.72. The van der Waals surface area contributed by atoms with Gasteiger partial charge in [0.15, 0.2) is 6.61 Å². The van der Waals surface area contributed by atoms with Crippen molar-refractivity contribution in [1.82, 2.24) is 0 Å². The fourth-order valence-corrected chi connectivity index (χ4v) is 5.97. The van der Waals surface area contributed by atoms with Crippen LogP contribution in [-0.4, -0.2) is 18.2 Å². The van der Waals surface area contributed by atoms with Crippen molar-refractivity contribution < 1.29 is 14.3 Å². The smallest absolute Gasteiger partial charge is 0.344 e. The zero-order chi connectivity index (χ0) is 23.7. The van der Waals surface area contributed by atoms with Crippen LogP contribution in [0.1, 0.15) is 78.2 Å². The average molecular weight is 455 g/mol. The Labute approximate surface area is 203 Å². The van der Waals surface area contributed by atoms with Gasteiger partial charge in [0.25, 0.3) is 0 Å². The second-order valence-electron chi connectivity index (χ2n) is 10.3. The number of benzene rings is 3. The maximum absolute atomic E-state index is 12.4. The quantitative estimate of drug-likeness (QED) is 0.354. The van der Waals surface area contributed by atoms with Gasteiger partial charge in [-0.2, -0.15) is 0 Å². The maximum atomic E-state index is 12.4. The Kier molecular flexibility index (Phi) is 6.20. The summed E-state index contributed by atoms with van der Waals surface area (Å²) in [5.41, 5.74) is 5.94. The molecule has 3 heteroatoms.